The first-order valence-corrected chi connectivity index (χ1v) is 9.77. The van der Waals surface area contributed by atoms with E-state index in [1.165, 1.54) is 6.07 Å². The van der Waals surface area contributed by atoms with Gasteiger partial charge < -0.3 is 13.9 Å². The van der Waals surface area contributed by atoms with E-state index in [1.807, 2.05) is 30.3 Å². The number of hydrogen-bond acceptors (Lipinski definition) is 6. The molecule has 1 fully saturated rings. The van der Waals surface area contributed by atoms with Gasteiger partial charge in [-0.25, -0.2) is 0 Å². The van der Waals surface area contributed by atoms with Crippen molar-refractivity contribution in [2.75, 3.05) is 39.5 Å². The smallest absolute Gasteiger partial charge is 0.310 e. The molecule has 2 heterocycles. The van der Waals surface area contributed by atoms with Crippen molar-refractivity contribution in [3.8, 4) is 11.3 Å². The maximum atomic E-state index is 12.6. The second-order valence-electron chi connectivity index (χ2n) is 6.99. The molecule has 4 rings (SSSR count). The summed E-state index contributed by atoms with van der Waals surface area (Å²) in [5.74, 6) is 0.148. The molecule has 1 saturated heterocycles. The molecule has 0 unspecified atom stereocenters. The molecule has 0 aliphatic carbocycles. The Labute approximate surface area is 168 Å². The standard InChI is InChI=1S/C23H23NO5/c25-20-16-21(17-5-2-1-3-6-17)29-23-18(7-4-8-19(20)23)15-22(26)28-14-11-24-9-12-27-13-10-24/h1-8,16H,9-15H2. The lowest BCUT2D eigenvalue weighted by atomic mass is 10.1. The number of nitrogens with zero attached hydrogens (tertiary/aromatic N) is 1. The number of hydrogen-bond donors (Lipinski definition) is 0. The molecule has 0 spiro atoms. The minimum absolute atomic E-state index is 0.0572. The van der Waals surface area contributed by atoms with E-state index in [-0.39, 0.29) is 17.8 Å². The molecular weight excluding hydrogens is 370 g/mol. The van der Waals surface area contributed by atoms with Gasteiger partial charge in [-0.05, 0) is 6.07 Å². The minimum atomic E-state index is -0.335. The Morgan fingerprint density at radius 2 is 1.83 bits per heavy atom. The van der Waals surface area contributed by atoms with Crippen molar-refractivity contribution in [1.29, 1.82) is 0 Å². The Hall–Kier alpha value is -2.96. The Morgan fingerprint density at radius 1 is 1.03 bits per heavy atom. The van der Waals surface area contributed by atoms with Crippen molar-refractivity contribution < 1.29 is 18.7 Å². The van der Waals surface area contributed by atoms with Crippen molar-refractivity contribution in [2.45, 2.75) is 6.42 Å². The first-order chi connectivity index (χ1) is 14.2. The van der Waals surface area contributed by atoms with Crippen molar-refractivity contribution in [3.05, 3.63) is 70.4 Å². The number of esters is 1. The van der Waals surface area contributed by atoms with Crippen LogP contribution in [0.3, 0.4) is 0 Å². The molecule has 0 saturated carbocycles. The molecule has 150 valence electrons. The van der Waals surface area contributed by atoms with Crippen molar-refractivity contribution in [3.63, 3.8) is 0 Å². The van der Waals surface area contributed by atoms with Gasteiger partial charge in [0.15, 0.2) is 5.43 Å². The van der Waals surface area contributed by atoms with E-state index in [2.05, 4.69) is 4.90 Å². The zero-order valence-electron chi connectivity index (χ0n) is 16.1. The molecule has 1 aliphatic heterocycles. The van der Waals surface area contributed by atoms with Crippen LogP contribution >= 0.6 is 0 Å². The summed E-state index contributed by atoms with van der Waals surface area (Å²) >= 11 is 0. The molecule has 0 N–H and O–H groups in total. The Morgan fingerprint density at radius 3 is 2.62 bits per heavy atom. The number of morpholine rings is 1. The molecule has 29 heavy (non-hydrogen) atoms. The van der Waals surface area contributed by atoms with E-state index < -0.39 is 0 Å². The van der Waals surface area contributed by atoms with Gasteiger partial charge in [-0.3, -0.25) is 14.5 Å². The molecule has 0 bridgehead atoms. The first kappa shape index (κ1) is 19.4. The average molecular weight is 393 g/mol. The Bertz CT molecular complexity index is 1040. The third-order valence-corrected chi connectivity index (χ3v) is 5.00. The molecule has 0 atom stereocenters. The highest BCUT2D eigenvalue weighted by molar-refractivity contribution is 5.85. The molecule has 1 aromatic heterocycles. The lowest BCUT2D eigenvalue weighted by Crippen LogP contribution is -2.38. The summed E-state index contributed by atoms with van der Waals surface area (Å²) in [5.41, 5.74) is 1.76. The predicted molar refractivity (Wildman–Crippen MR) is 110 cm³/mol. The monoisotopic (exact) mass is 393 g/mol. The second kappa shape index (κ2) is 9.03. The van der Waals surface area contributed by atoms with Crippen LogP contribution in [-0.2, 0) is 20.7 Å². The molecule has 6 heteroatoms. The van der Waals surface area contributed by atoms with E-state index in [0.29, 0.717) is 48.7 Å². The maximum Gasteiger partial charge on any atom is 0.310 e. The van der Waals surface area contributed by atoms with Gasteiger partial charge in [-0.2, -0.15) is 0 Å². The summed E-state index contributed by atoms with van der Waals surface area (Å²) in [5, 5.41) is 0.461. The topological polar surface area (TPSA) is 69.0 Å². The van der Waals surface area contributed by atoms with Crippen molar-refractivity contribution in [1.82, 2.24) is 4.90 Å². The van der Waals surface area contributed by atoms with Gasteiger partial charge in [0, 0.05) is 36.8 Å². The predicted octanol–water partition coefficient (Wildman–Crippen LogP) is 2.88. The maximum absolute atomic E-state index is 12.6. The number of para-hydroxylation sites is 1. The molecule has 3 aromatic rings. The molecule has 6 nitrogen and oxygen atoms in total. The Kier molecular flexibility index (Phi) is 6.03. The summed E-state index contributed by atoms with van der Waals surface area (Å²) in [7, 11) is 0. The SMILES string of the molecule is O=C(Cc1cccc2c(=O)cc(-c3ccccc3)oc12)OCCN1CCOCC1. The van der Waals surface area contributed by atoms with Gasteiger partial charge in [-0.1, -0.05) is 42.5 Å². The lowest BCUT2D eigenvalue weighted by molar-refractivity contribution is -0.143. The van der Waals surface area contributed by atoms with Crippen LogP contribution in [0.5, 0.6) is 0 Å². The van der Waals surface area contributed by atoms with E-state index in [0.717, 1.165) is 18.7 Å². The summed E-state index contributed by atoms with van der Waals surface area (Å²) in [6.07, 6.45) is 0.0572. The summed E-state index contributed by atoms with van der Waals surface area (Å²) < 4.78 is 16.7. The molecule has 2 aromatic carbocycles. The van der Waals surface area contributed by atoms with Gasteiger partial charge in [-0.15, -0.1) is 0 Å². The van der Waals surface area contributed by atoms with E-state index >= 15 is 0 Å². The van der Waals surface area contributed by atoms with Crippen molar-refractivity contribution >= 4 is 16.9 Å². The highest BCUT2D eigenvalue weighted by Gasteiger charge is 2.15. The number of fused-ring (bicyclic) bond motifs is 1. The third kappa shape index (κ3) is 4.72. The van der Waals surface area contributed by atoms with Gasteiger partial charge in [0.05, 0.1) is 25.0 Å². The largest absolute Gasteiger partial charge is 0.464 e. The van der Waals surface area contributed by atoms with Crippen LogP contribution in [-0.4, -0.2) is 50.3 Å². The van der Waals surface area contributed by atoms with Gasteiger partial charge in [0.2, 0.25) is 0 Å². The molecular formula is C23H23NO5. The van der Waals surface area contributed by atoms with Gasteiger partial charge >= 0.3 is 5.97 Å². The average Bonchev–Trinajstić information content (AvgIpc) is 2.75. The van der Waals surface area contributed by atoms with Crippen LogP contribution in [0.1, 0.15) is 5.56 Å². The number of ether oxygens (including phenoxy) is 2. The zero-order valence-corrected chi connectivity index (χ0v) is 16.1. The fraction of sp³-hybridized carbons (Fsp3) is 0.304. The van der Waals surface area contributed by atoms with Gasteiger partial charge in [0.1, 0.15) is 18.0 Å². The zero-order chi connectivity index (χ0) is 20.1. The summed E-state index contributed by atoms with van der Waals surface area (Å²) in [6, 6.07) is 16.2. The van der Waals surface area contributed by atoms with Crippen molar-refractivity contribution in [2.24, 2.45) is 0 Å². The number of carbonyl (C=O) groups is 1. The molecule has 0 amide bonds. The minimum Gasteiger partial charge on any atom is -0.464 e. The highest BCUT2D eigenvalue weighted by atomic mass is 16.5. The van der Waals surface area contributed by atoms with Gasteiger partial charge in [0.25, 0.3) is 0 Å². The quantitative estimate of drug-likeness (QED) is 0.600. The first-order valence-electron chi connectivity index (χ1n) is 9.77. The number of benzene rings is 2. The fourth-order valence-corrected chi connectivity index (χ4v) is 3.44. The van der Waals surface area contributed by atoms with E-state index in [9.17, 15) is 9.59 Å². The fourth-order valence-electron chi connectivity index (χ4n) is 3.44. The van der Waals surface area contributed by atoms with E-state index in [4.69, 9.17) is 13.9 Å². The number of rotatable bonds is 6. The third-order valence-electron chi connectivity index (χ3n) is 5.00. The van der Waals surface area contributed by atoms with Crippen LogP contribution in [0.2, 0.25) is 0 Å². The number of carbonyl (C=O) groups excluding carboxylic acids is 1. The van der Waals surface area contributed by atoms with Crippen LogP contribution in [0.15, 0.2) is 63.8 Å². The molecule has 0 radical (unpaired) electrons. The summed E-state index contributed by atoms with van der Waals surface area (Å²) in [6.45, 7) is 4.17. The van der Waals surface area contributed by atoms with E-state index in [1.54, 1.807) is 18.2 Å². The molecule has 1 aliphatic rings. The summed E-state index contributed by atoms with van der Waals surface area (Å²) in [4.78, 5) is 27.1. The highest BCUT2D eigenvalue weighted by Crippen LogP contribution is 2.24. The van der Waals surface area contributed by atoms with Crippen LogP contribution < -0.4 is 5.43 Å². The normalized spacial score (nSPS) is 14.8. The lowest BCUT2D eigenvalue weighted by Gasteiger charge is -2.26. The van der Waals surface area contributed by atoms with Crippen LogP contribution in [0, 0.1) is 0 Å². The Balaban J connectivity index is 1.50. The second-order valence-corrected chi connectivity index (χ2v) is 6.99. The van der Waals surface area contributed by atoms with Crippen LogP contribution in [0.4, 0.5) is 0 Å². The van der Waals surface area contributed by atoms with Crippen LogP contribution in [0.25, 0.3) is 22.3 Å².